The average molecular weight is 313 g/mol. The topological polar surface area (TPSA) is 49.2 Å². The molecule has 5 nitrogen and oxygen atoms in total. The van der Waals surface area contributed by atoms with Gasteiger partial charge in [-0.3, -0.25) is 0 Å². The van der Waals surface area contributed by atoms with Gasteiger partial charge in [0.1, 0.15) is 18.2 Å². The number of benzene rings is 1. The van der Waals surface area contributed by atoms with Crippen molar-refractivity contribution in [2.45, 2.75) is 25.7 Å². The second kappa shape index (κ2) is 5.96. The van der Waals surface area contributed by atoms with Crippen LogP contribution in [0.3, 0.4) is 0 Å². The summed E-state index contributed by atoms with van der Waals surface area (Å²) in [5.74, 6) is 1.54. The highest BCUT2D eigenvalue weighted by atomic mass is 19.4. The predicted octanol–water partition coefficient (Wildman–Crippen LogP) is 2.45. The number of hydrogen-bond acceptors (Lipinski definition) is 4. The van der Waals surface area contributed by atoms with Gasteiger partial charge in [0.2, 0.25) is 0 Å². The van der Waals surface area contributed by atoms with Crippen molar-refractivity contribution in [3.8, 4) is 5.75 Å². The fourth-order valence-electron chi connectivity index (χ4n) is 2.25. The maximum absolute atomic E-state index is 12.7. The van der Waals surface area contributed by atoms with Crippen molar-refractivity contribution in [1.82, 2.24) is 14.8 Å². The van der Waals surface area contributed by atoms with Gasteiger partial charge in [0.25, 0.3) is 0 Å². The number of ether oxygens (including phenoxy) is 2. The number of halogens is 3. The quantitative estimate of drug-likeness (QED) is 0.873. The number of fused-ring (bicyclic) bond motifs is 1. The van der Waals surface area contributed by atoms with Crippen LogP contribution in [0.15, 0.2) is 24.3 Å². The Bertz CT molecular complexity index is 655. The Morgan fingerprint density at radius 2 is 2.09 bits per heavy atom. The predicted molar refractivity (Wildman–Crippen MR) is 70.3 cm³/mol. The molecule has 8 heteroatoms. The molecule has 0 atom stereocenters. The van der Waals surface area contributed by atoms with Crippen molar-refractivity contribution < 1.29 is 22.6 Å². The molecular weight excluding hydrogens is 299 g/mol. The van der Waals surface area contributed by atoms with Crippen LogP contribution >= 0.6 is 0 Å². The third-order valence-corrected chi connectivity index (χ3v) is 3.36. The molecule has 22 heavy (non-hydrogen) atoms. The molecule has 2 heterocycles. The molecule has 0 amide bonds. The Kier molecular flexibility index (Phi) is 4.02. The molecule has 0 fully saturated rings. The summed E-state index contributed by atoms with van der Waals surface area (Å²) < 4.78 is 50.6. The van der Waals surface area contributed by atoms with Crippen molar-refractivity contribution in [3.05, 3.63) is 41.5 Å². The SMILES string of the molecule is FC(F)(F)c1cccc(OCc2nnc3n2CCOCC3)c1. The normalized spacial score (nSPS) is 15.2. The molecule has 3 rings (SSSR count). The molecule has 0 saturated heterocycles. The Labute approximate surface area is 124 Å². The molecule has 1 aromatic heterocycles. The second-order valence-electron chi connectivity index (χ2n) is 4.86. The zero-order valence-corrected chi connectivity index (χ0v) is 11.6. The Morgan fingerprint density at radius 1 is 1.23 bits per heavy atom. The Balaban J connectivity index is 1.72. The van der Waals surface area contributed by atoms with Crippen LogP contribution in [0.4, 0.5) is 13.2 Å². The number of rotatable bonds is 3. The smallest absolute Gasteiger partial charge is 0.416 e. The number of nitrogens with zero attached hydrogens (tertiary/aromatic N) is 3. The van der Waals surface area contributed by atoms with Gasteiger partial charge in [-0.15, -0.1) is 10.2 Å². The molecule has 1 aromatic carbocycles. The number of hydrogen-bond donors (Lipinski definition) is 0. The van der Waals surface area contributed by atoms with Crippen molar-refractivity contribution in [1.29, 1.82) is 0 Å². The van der Waals surface area contributed by atoms with E-state index in [0.717, 1.165) is 18.0 Å². The van der Waals surface area contributed by atoms with Crippen molar-refractivity contribution in [2.24, 2.45) is 0 Å². The largest absolute Gasteiger partial charge is 0.486 e. The Morgan fingerprint density at radius 3 is 2.91 bits per heavy atom. The number of aromatic nitrogens is 3. The summed E-state index contributed by atoms with van der Waals surface area (Å²) in [6, 6.07) is 4.78. The van der Waals surface area contributed by atoms with Crippen LogP contribution in [-0.2, 0) is 30.5 Å². The first-order chi connectivity index (χ1) is 10.5. The average Bonchev–Trinajstić information content (AvgIpc) is 2.72. The first kappa shape index (κ1) is 14.8. The highest BCUT2D eigenvalue weighted by Gasteiger charge is 2.30. The lowest BCUT2D eigenvalue weighted by Gasteiger charge is -2.11. The van der Waals surface area contributed by atoms with E-state index in [2.05, 4.69) is 10.2 Å². The third kappa shape index (κ3) is 3.22. The lowest BCUT2D eigenvalue weighted by atomic mass is 10.2. The fourth-order valence-corrected chi connectivity index (χ4v) is 2.25. The minimum absolute atomic E-state index is 0.0638. The van der Waals surface area contributed by atoms with E-state index in [4.69, 9.17) is 9.47 Å². The maximum Gasteiger partial charge on any atom is 0.416 e. The zero-order chi connectivity index (χ0) is 15.6. The summed E-state index contributed by atoms with van der Waals surface area (Å²) in [6.45, 7) is 1.83. The molecule has 0 radical (unpaired) electrons. The van der Waals surface area contributed by atoms with Gasteiger partial charge in [0.05, 0.1) is 18.8 Å². The summed E-state index contributed by atoms with van der Waals surface area (Å²) in [6.07, 6.45) is -3.72. The molecule has 0 saturated carbocycles. The molecule has 1 aliphatic rings. The van der Waals surface area contributed by atoms with Gasteiger partial charge in [0, 0.05) is 13.0 Å². The van der Waals surface area contributed by atoms with Crippen LogP contribution in [0.25, 0.3) is 0 Å². The van der Waals surface area contributed by atoms with Gasteiger partial charge in [-0.05, 0) is 18.2 Å². The zero-order valence-electron chi connectivity index (χ0n) is 11.6. The summed E-state index contributed by atoms with van der Waals surface area (Å²) >= 11 is 0. The minimum atomic E-state index is -4.39. The van der Waals surface area contributed by atoms with Gasteiger partial charge >= 0.3 is 6.18 Å². The van der Waals surface area contributed by atoms with Crippen molar-refractivity contribution >= 4 is 0 Å². The van der Waals surface area contributed by atoms with Crippen LogP contribution in [0, 0.1) is 0 Å². The first-order valence-electron chi connectivity index (χ1n) is 6.83. The van der Waals surface area contributed by atoms with Crippen LogP contribution in [0.5, 0.6) is 5.75 Å². The third-order valence-electron chi connectivity index (χ3n) is 3.36. The fraction of sp³-hybridized carbons (Fsp3) is 0.429. The molecule has 0 spiro atoms. The molecule has 2 aromatic rings. The summed E-state index contributed by atoms with van der Waals surface area (Å²) in [4.78, 5) is 0. The van der Waals surface area contributed by atoms with Gasteiger partial charge in [-0.1, -0.05) is 6.07 Å². The molecule has 118 valence electrons. The number of alkyl halides is 3. The summed E-state index contributed by atoms with van der Waals surface area (Å²) in [5, 5.41) is 8.09. The van der Waals surface area contributed by atoms with Crippen LogP contribution in [-0.4, -0.2) is 28.0 Å². The van der Waals surface area contributed by atoms with Crippen molar-refractivity contribution in [2.75, 3.05) is 13.2 Å². The minimum Gasteiger partial charge on any atom is -0.486 e. The van der Waals surface area contributed by atoms with E-state index in [1.165, 1.54) is 12.1 Å². The highest BCUT2D eigenvalue weighted by Crippen LogP contribution is 2.31. The van der Waals surface area contributed by atoms with Crippen LogP contribution in [0.1, 0.15) is 17.2 Å². The molecule has 1 aliphatic heterocycles. The van der Waals surface area contributed by atoms with Crippen molar-refractivity contribution in [3.63, 3.8) is 0 Å². The van der Waals surface area contributed by atoms with Gasteiger partial charge in [-0.2, -0.15) is 13.2 Å². The van der Waals surface area contributed by atoms with E-state index in [9.17, 15) is 13.2 Å². The van der Waals surface area contributed by atoms with E-state index >= 15 is 0 Å². The van der Waals surface area contributed by atoms with Gasteiger partial charge in [0.15, 0.2) is 5.82 Å². The monoisotopic (exact) mass is 313 g/mol. The Hall–Kier alpha value is -2.09. The van der Waals surface area contributed by atoms with E-state index in [-0.39, 0.29) is 12.4 Å². The first-order valence-corrected chi connectivity index (χ1v) is 6.83. The summed E-state index contributed by atoms with van der Waals surface area (Å²) in [5.41, 5.74) is -0.738. The van der Waals surface area contributed by atoms with Gasteiger partial charge in [-0.25, -0.2) is 0 Å². The van der Waals surface area contributed by atoms with Crippen LogP contribution < -0.4 is 4.74 Å². The molecular formula is C14H14F3N3O2. The standard InChI is InChI=1S/C14H14F3N3O2/c15-14(16,17)10-2-1-3-11(8-10)22-9-13-19-18-12-4-6-21-7-5-20(12)13/h1-3,8H,4-7,9H2. The van der Waals surface area contributed by atoms with E-state index in [0.29, 0.717) is 32.0 Å². The van der Waals surface area contributed by atoms with Gasteiger partial charge < -0.3 is 14.0 Å². The molecule has 0 aliphatic carbocycles. The second-order valence-corrected chi connectivity index (χ2v) is 4.86. The van der Waals surface area contributed by atoms with E-state index in [1.54, 1.807) is 0 Å². The lowest BCUT2D eigenvalue weighted by Crippen LogP contribution is -2.11. The maximum atomic E-state index is 12.7. The lowest BCUT2D eigenvalue weighted by molar-refractivity contribution is -0.137. The van der Waals surface area contributed by atoms with E-state index < -0.39 is 11.7 Å². The highest BCUT2D eigenvalue weighted by molar-refractivity contribution is 5.30. The molecule has 0 bridgehead atoms. The van der Waals surface area contributed by atoms with Crippen LogP contribution in [0.2, 0.25) is 0 Å². The molecule has 0 unspecified atom stereocenters. The summed E-state index contributed by atoms with van der Waals surface area (Å²) in [7, 11) is 0. The molecule has 0 N–H and O–H groups in total. The van der Waals surface area contributed by atoms with E-state index in [1.807, 2.05) is 4.57 Å².